The van der Waals surface area contributed by atoms with Crippen LogP contribution in [0.2, 0.25) is 0 Å². The second-order valence-corrected chi connectivity index (χ2v) is 8.14. The summed E-state index contributed by atoms with van der Waals surface area (Å²) in [5.41, 5.74) is 5.23. The number of fused-ring (bicyclic) bond motifs is 1. The highest BCUT2D eigenvalue weighted by Gasteiger charge is 2.15. The number of aryl methyl sites for hydroxylation is 1. The van der Waals surface area contributed by atoms with Crippen LogP contribution < -0.4 is 15.4 Å². The number of aromatic amines is 1. The molecule has 0 atom stereocenters. The number of nitrogens with one attached hydrogen (secondary N) is 3. The maximum Gasteiger partial charge on any atom is 0.411 e. The smallest absolute Gasteiger partial charge is 0.411 e. The van der Waals surface area contributed by atoms with Crippen molar-refractivity contribution < 1.29 is 23.8 Å². The van der Waals surface area contributed by atoms with Crippen molar-refractivity contribution in [3.05, 3.63) is 78.4 Å². The average molecular weight is 488 g/mol. The summed E-state index contributed by atoms with van der Waals surface area (Å²) in [5, 5.41) is 6.65. The van der Waals surface area contributed by atoms with E-state index < -0.39 is 6.09 Å². The zero-order chi connectivity index (χ0) is 25.3. The molecular weight excluding hydrogens is 458 g/mol. The molecule has 8 nitrogen and oxygen atoms in total. The van der Waals surface area contributed by atoms with Crippen LogP contribution in [0.3, 0.4) is 0 Å². The number of methoxy groups -OCH3 is 2. The quantitative estimate of drug-likeness (QED) is 0.252. The van der Waals surface area contributed by atoms with Crippen molar-refractivity contribution in [1.82, 2.24) is 4.98 Å². The number of carbonyl (C=O) groups excluding carboxylic acids is 2. The van der Waals surface area contributed by atoms with Crippen LogP contribution >= 0.6 is 0 Å². The highest BCUT2D eigenvalue weighted by molar-refractivity contribution is 5.94. The van der Waals surface area contributed by atoms with Crippen LogP contribution in [0.25, 0.3) is 22.2 Å². The fourth-order valence-corrected chi connectivity index (χ4v) is 3.97. The Kier molecular flexibility index (Phi) is 8.20. The fraction of sp³-hybridized carbons (Fsp3) is 0.214. The first kappa shape index (κ1) is 24.8. The summed E-state index contributed by atoms with van der Waals surface area (Å²) in [6, 6.07) is 22.9. The number of amides is 2. The minimum Gasteiger partial charge on any atom is -0.497 e. The second-order valence-electron chi connectivity index (χ2n) is 8.14. The molecule has 0 bridgehead atoms. The van der Waals surface area contributed by atoms with Gasteiger partial charge < -0.3 is 24.5 Å². The Bertz CT molecular complexity index is 1330. The summed E-state index contributed by atoms with van der Waals surface area (Å²) in [7, 11) is 3.17. The van der Waals surface area contributed by atoms with Gasteiger partial charge in [0, 0.05) is 41.5 Å². The number of anilines is 2. The first-order valence-corrected chi connectivity index (χ1v) is 11.6. The van der Waals surface area contributed by atoms with Gasteiger partial charge in [-0.25, -0.2) is 4.79 Å². The maximum atomic E-state index is 12.8. The Hall–Kier alpha value is -4.30. The fourth-order valence-electron chi connectivity index (χ4n) is 3.97. The molecule has 0 aliphatic rings. The molecule has 0 saturated heterocycles. The number of hydrogen-bond acceptors (Lipinski definition) is 5. The molecule has 8 heteroatoms. The molecule has 0 saturated carbocycles. The van der Waals surface area contributed by atoms with E-state index in [0.717, 1.165) is 33.5 Å². The minimum atomic E-state index is -0.582. The minimum absolute atomic E-state index is 0.124. The third-order valence-electron chi connectivity index (χ3n) is 5.71. The Labute approximate surface area is 209 Å². The SMILES string of the molecule is COCCOC(=O)Nc1cccc(NC(=O)CCc2c(-c3ccc(OC)cc3)[nH]c3ccccc23)c1. The molecule has 186 valence electrons. The lowest BCUT2D eigenvalue weighted by Gasteiger charge is -2.10. The van der Waals surface area contributed by atoms with E-state index in [4.69, 9.17) is 14.2 Å². The van der Waals surface area contributed by atoms with E-state index in [9.17, 15) is 9.59 Å². The van der Waals surface area contributed by atoms with Crippen molar-refractivity contribution in [3.8, 4) is 17.0 Å². The highest BCUT2D eigenvalue weighted by atomic mass is 16.6. The van der Waals surface area contributed by atoms with Gasteiger partial charge in [0.2, 0.25) is 5.91 Å². The number of aromatic nitrogens is 1. The standard InChI is InChI=1S/C28H29N3O5/c1-34-16-17-36-28(33)30-21-7-5-6-20(18-21)29-26(32)15-14-24-23-8-3-4-9-25(23)31-27(24)19-10-12-22(35-2)13-11-19/h3-13,18,31H,14-17H2,1-2H3,(H,29,32)(H,30,33). The lowest BCUT2D eigenvalue weighted by Crippen LogP contribution is -2.17. The molecule has 0 aliphatic carbocycles. The number of benzene rings is 3. The monoisotopic (exact) mass is 487 g/mol. The number of ether oxygens (including phenoxy) is 3. The number of carbonyl (C=O) groups is 2. The van der Waals surface area contributed by atoms with Crippen LogP contribution in [-0.4, -0.2) is 44.4 Å². The van der Waals surface area contributed by atoms with Crippen molar-refractivity contribution in [1.29, 1.82) is 0 Å². The molecule has 1 aromatic heterocycles. The Morgan fingerprint density at radius 1 is 0.861 bits per heavy atom. The Morgan fingerprint density at radius 3 is 2.36 bits per heavy atom. The van der Waals surface area contributed by atoms with Gasteiger partial charge in [0.05, 0.1) is 13.7 Å². The van der Waals surface area contributed by atoms with Crippen LogP contribution in [0.15, 0.2) is 72.8 Å². The van der Waals surface area contributed by atoms with Crippen LogP contribution in [0, 0.1) is 0 Å². The van der Waals surface area contributed by atoms with Gasteiger partial charge in [-0.2, -0.15) is 0 Å². The van der Waals surface area contributed by atoms with Gasteiger partial charge in [-0.15, -0.1) is 0 Å². The lowest BCUT2D eigenvalue weighted by atomic mass is 10.0. The highest BCUT2D eigenvalue weighted by Crippen LogP contribution is 2.32. The van der Waals surface area contributed by atoms with Crippen molar-refractivity contribution in [2.45, 2.75) is 12.8 Å². The molecule has 0 aliphatic heterocycles. The van der Waals surface area contributed by atoms with Gasteiger partial charge in [-0.1, -0.05) is 24.3 Å². The van der Waals surface area contributed by atoms with Crippen molar-refractivity contribution >= 4 is 34.3 Å². The summed E-state index contributed by atoms with van der Waals surface area (Å²) in [4.78, 5) is 28.2. The zero-order valence-corrected chi connectivity index (χ0v) is 20.3. The molecule has 0 unspecified atom stereocenters. The molecule has 1 heterocycles. The van der Waals surface area contributed by atoms with E-state index in [0.29, 0.717) is 30.8 Å². The predicted octanol–water partition coefficient (Wildman–Crippen LogP) is 5.61. The van der Waals surface area contributed by atoms with E-state index in [2.05, 4.69) is 21.7 Å². The Morgan fingerprint density at radius 2 is 1.61 bits per heavy atom. The normalized spacial score (nSPS) is 10.7. The molecule has 36 heavy (non-hydrogen) atoms. The summed E-state index contributed by atoms with van der Waals surface area (Å²) < 4.78 is 15.2. The topological polar surface area (TPSA) is 102 Å². The molecule has 0 spiro atoms. The first-order chi connectivity index (χ1) is 17.6. The number of H-pyrrole nitrogens is 1. The molecular formula is C28H29N3O5. The lowest BCUT2D eigenvalue weighted by molar-refractivity contribution is -0.116. The molecule has 2 amide bonds. The van der Waals surface area contributed by atoms with Crippen LogP contribution in [0.4, 0.5) is 16.2 Å². The third kappa shape index (κ3) is 6.22. The number of hydrogen-bond donors (Lipinski definition) is 3. The van der Waals surface area contributed by atoms with Gasteiger partial charge >= 0.3 is 6.09 Å². The predicted molar refractivity (Wildman–Crippen MR) is 141 cm³/mol. The van der Waals surface area contributed by atoms with Crippen LogP contribution in [-0.2, 0) is 20.7 Å². The van der Waals surface area contributed by atoms with Gasteiger partial charge in [0.25, 0.3) is 0 Å². The maximum absolute atomic E-state index is 12.8. The van der Waals surface area contributed by atoms with E-state index in [1.165, 1.54) is 7.11 Å². The van der Waals surface area contributed by atoms with Crippen molar-refractivity contribution in [3.63, 3.8) is 0 Å². The largest absolute Gasteiger partial charge is 0.497 e. The third-order valence-corrected chi connectivity index (χ3v) is 5.71. The summed E-state index contributed by atoms with van der Waals surface area (Å²) in [6.07, 6.45) is 0.267. The zero-order valence-electron chi connectivity index (χ0n) is 20.3. The van der Waals surface area contributed by atoms with Crippen molar-refractivity contribution in [2.75, 3.05) is 38.1 Å². The summed E-state index contributed by atoms with van der Waals surface area (Å²) >= 11 is 0. The molecule has 4 rings (SSSR count). The Balaban J connectivity index is 1.43. The van der Waals surface area contributed by atoms with E-state index in [-0.39, 0.29) is 12.5 Å². The average Bonchev–Trinajstić information content (AvgIpc) is 3.26. The summed E-state index contributed by atoms with van der Waals surface area (Å²) in [5.74, 6) is 0.663. The van der Waals surface area contributed by atoms with Crippen LogP contribution in [0.5, 0.6) is 5.75 Å². The van der Waals surface area contributed by atoms with Gasteiger partial charge in [-0.3, -0.25) is 10.1 Å². The number of rotatable bonds is 10. The van der Waals surface area contributed by atoms with Crippen LogP contribution in [0.1, 0.15) is 12.0 Å². The van der Waals surface area contributed by atoms with E-state index >= 15 is 0 Å². The second kappa shape index (κ2) is 11.9. The molecule has 4 aromatic rings. The van der Waals surface area contributed by atoms with Gasteiger partial charge in [-0.05, 0) is 66.1 Å². The van der Waals surface area contributed by atoms with Crippen molar-refractivity contribution in [2.24, 2.45) is 0 Å². The molecule has 3 aromatic carbocycles. The van der Waals surface area contributed by atoms with E-state index in [1.807, 2.05) is 42.5 Å². The van der Waals surface area contributed by atoms with Gasteiger partial charge in [0.1, 0.15) is 12.4 Å². The van der Waals surface area contributed by atoms with Gasteiger partial charge in [0.15, 0.2) is 0 Å². The molecule has 0 fully saturated rings. The first-order valence-electron chi connectivity index (χ1n) is 11.6. The summed E-state index contributed by atoms with van der Waals surface area (Å²) in [6.45, 7) is 0.477. The molecule has 3 N–H and O–H groups in total. The van der Waals surface area contributed by atoms with E-state index in [1.54, 1.807) is 31.4 Å². The number of para-hydroxylation sites is 1. The molecule has 0 radical (unpaired) electrons.